The molecule has 0 aliphatic rings. The zero-order valence-corrected chi connectivity index (χ0v) is 12.0. The van der Waals surface area contributed by atoms with Crippen LogP contribution in [0.5, 0.6) is 0 Å². The maximum absolute atomic E-state index is 5.59. The molecule has 1 heterocycles. The first-order valence-corrected chi connectivity index (χ1v) is 6.33. The van der Waals surface area contributed by atoms with Crippen molar-refractivity contribution in [2.45, 2.75) is 13.8 Å². The van der Waals surface area contributed by atoms with Crippen molar-refractivity contribution in [2.24, 2.45) is 5.73 Å². The van der Waals surface area contributed by atoms with Crippen LogP contribution in [0.3, 0.4) is 0 Å². The van der Waals surface area contributed by atoms with Crippen LogP contribution in [-0.2, 0) is 0 Å². The van der Waals surface area contributed by atoms with Crippen LogP contribution in [0, 0.1) is 13.8 Å². The van der Waals surface area contributed by atoms with Gasteiger partial charge in [0.25, 0.3) is 0 Å². The fraction of sp³-hybridized carbons (Fsp3) is 0.214. The minimum absolute atomic E-state index is 0.403. The molecule has 0 bridgehead atoms. The fourth-order valence-electron chi connectivity index (χ4n) is 1.81. The molecule has 0 atom stereocenters. The molecule has 19 heavy (non-hydrogen) atoms. The van der Waals surface area contributed by atoms with Gasteiger partial charge >= 0.3 is 0 Å². The molecule has 5 heteroatoms. The molecule has 0 amide bonds. The highest BCUT2D eigenvalue weighted by Gasteiger charge is 2.10. The van der Waals surface area contributed by atoms with Crippen LogP contribution in [0.15, 0.2) is 30.5 Å². The second-order valence-electron chi connectivity index (χ2n) is 4.39. The smallest absolute Gasteiger partial charge is 0.154 e. The van der Waals surface area contributed by atoms with E-state index in [2.05, 4.69) is 9.97 Å². The molecule has 0 saturated carbocycles. The van der Waals surface area contributed by atoms with Crippen LogP contribution in [0.1, 0.15) is 17.0 Å². The van der Waals surface area contributed by atoms with E-state index >= 15 is 0 Å². The minimum Gasteiger partial charge on any atom is -0.389 e. The summed E-state index contributed by atoms with van der Waals surface area (Å²) in [6.45, 7) is 3.88. The molecular formula is C14H16N4S. The Hall–Kier alpha value is -2.01. The van der Waals surface area contributed by atoms with Crippen LogP contribution >= 0.6 is 12.2 Å². The van der Waals surface area contributed by atoms with Crippen molar-refractivity contribution >= 4 is 28.7 Å². The highest BCUT2D eigenvalue weighted by molar-refractivity contribution is 7.80. The Labute approximate surface area is 118 Å². The lowest BCUT2D eigenvalue weighted by molar-refractivity contribution is 1.01. The van der Waals surface area contributed by atoms with E-state index in [4.69, 9.17) is 18.0 Å². The molecule has 1 aromatic carbocycles. The zero-order chi connectivity index (χ0) is 14.0. The Morgan fingerprint density at radius 1 is 1.21 bits per heavy atom. The largest absolute Gasteiger partial charge is 0.389 e. The SMILES string of the molecule is Cc1cnc(C)c(N(C)c2ccc(C(N)=S)cc2)n1. The van der Waals surface area contributed by atoms with Gasteiger partial charge in [-0.2, -0.15) is 0 Å². The van der Waals surface area contributed by atoms with Gasteiger partial charge in [-0.1, -0.05) is 12.2 Å². The molecule has 0 fully saturated rings. The van der Waals surface area contributed by atoms with E-state index in [1.165, 1.54) is 0 Å². The summed E-state index contributed by atoms with van der Waals surface area (Å²) < 4.78 is 0. The summed E-state index contributed by atoms with van der Waals surface area (Å²) in [7, 11) is 1.96. The molecule has 2 rings (SSSR count). The van der Waals surface area contributed by atoms with Gasteiger partial charge in [0.2, 0.25) is 0 Å². The third-order valence-corrected chi connectivity index (χ3v) is 3.14. The molecule has 0 saturated heterocycles. The van der Waals surface area contributed by atoms with Crippen molar-refractivity contribution in [2.75, 3.05) is 11.9 Å². The van der Waals surface area contributed by atoms with Crippen LogP contribution in [-0.4, -0.2) is 22.0 Å². The first kappa shape index (κ1) is 13.4. The number of hydrogen-bond donors (Lipinski definition) is 1. The molecule has 4 nitrogen and oxygen atoms in total. The second-order valence-corrected chi connectivity index (χ2v) is 4.83. The molecule has 98 valence electrons. The summed E-state index contributed by atoms with van der Waals surface area (Å²) in [5.41, 5.74) is 9.26. The zero-order valence-electron chi connectivity index (χ0n) is 11.2. The third-order valence-electron chi connectivity index (χ3n) is 2.91. The van der Waals surface area contributed by atoms with Crippen LogP contribution in [0.4, 0.5) is 11.5 Å². The van der Waals surface area contributed by atoms with Crippen molar-refractivity contribution in [1.82, 2.24) is 9.97 Å². The highest BCUT2D eigenvalue weighted by atomic mass is 32.1. The summed E-state index contributed by atoms with van der Waals surface area (Å²) in [5, 5.41) is 0. The Morgan fingerprint density at radius 3 is 2.42 bits per heavy atom. The third kappa shape index (κ3) is 2.88. The quantitative estimate of drug-likeness (QED) is 0.870. The lowest BCUT2D eigenvalue weighted by Crippen LogP contribution is -2.15. The van der Waals surface area contributed by atoms with Crippen LogP contribution in [0.2, 0.25) is 0 Å². The van der Waals surface area contributed by atoms with Crippen LogP contribution < -0.4 is 10.6 Å². The average Bonchev–Trinajstić information content (AvgIpc) is 2.41. The van der Waals surface area contributed by atoms with Gasteiger partial charge in [-0.25, -0.2) is 4.98 Å². The van der Waals surface area contributed by atoms with E-state index in [1.807, 2.05) is 50.1 Å². The highest BCUT2D eigenvalue weighted by Crippen LogP contribution is 2.24. The topological polar surface area (TPSA) is 55.0 Å². The fourth-order valence-corrected chi connectivity index (χ4v) is 1.95. The molecule has 1 aromatic heterocycles. The van der Waals surface area contributed by atoms with Gasteiger partial charge in [0.1, 0.15) is 4.99 Å². The average molecular weight is 272 g/mol. The van der Waals surface area contributed by atoms with E-state index in [0.717, 1.165) is 28.5 Å². The monoisotopic (exact) mass is 272 g/mol. The lowest BCUT2D eigenvalue weighted by Gasteiger charge is -2.20. The Morgan fingerprint density at radius 2 is 1.84 bits per heavy atom. The number of benzene rings is 1. The molecule has 2 N–H and O–H groups in total. The van der Waals surface area contributed by atoms with Gasteiger partial charge in [-0.3, -0.25) is 4.98 Å². The number of aromatic nitrogens is 2. The lowest BCUT2D eigenvalue weighted by atomic mass is 10.2. The van der Waals surface area contributed by atoms with E-state index in [1.54, 1.807) is 6.20 Å². The van der Waals surface area contributed by atoms with Gasteiger partial charge in [0, 0.05) is 24.5 Å². The number of hydrogen-bond acceptors (Lipinski definition) is 4. The molecule has 0 radical (unpaired) electrons. The maximum Gasteiger partial charge on any atom is 0.154 e. The van der Waals surface area contributed by atoms with Crippen molar-refractivity contribution < 1.29 is 0 Å². The molecular weight excluding hydrogens is 256 g/mol. The summed E-state index contributed by atoms with van der Waals surface area (Å²) in [6.07, 6.45) is 1.77. The van der Waals surface area contributed by atoms with Crippen LogP contribution in [0.25, 0.3) is 0 Å². The number of rotatable bonds is 3. The molecule has 0 aliphatic carbocycles. The van der Waals surface area contributed by atoms with Gasteiger partial charge in [-0.05, 0) is 38.1 Å². The minimum atomic E-state index is 0.403. The number of thiocarbonyl (C=S) groups is 1. The molecule has 0 aliphatic heterocycles. The van der Waals surface area contributed by atoms with Gasteiger partial charge < -0.3 is 10.6 Å². The first-order chi connectivity index (χ1) is 8.99. The van der Waals surface area contributed by atoms with Gasteiger partial charge in [0.15, 0.2) is 5.82 Å². The summed E-state index contributed by atoms with van der Waals surface area (Å²) in [5.74, 6) is 0.850. The summed E-state index contributed by atoms with van der Waals surface area (Å²) in [4.78, 5) is 11.2. The Balaban J connectivity index is 2.35. The Bertz CT molecular complexity index is 607. The van der Waals surface area contributed by atoms with Crippen molar-refractivity contribution in [1.29, 1.82) is 0 Å². The number of aryl methyl sites for hydroxylation is 2. The van der Waals surface area contributed by atoms with Crippen molar-refractivity contribution in [3.8, 4) is 0 Å². The second kappa shape index (κ2) is 5.32. The van der Waals surface area contributed by atoms with E-state index < -0.39 is 0 Å². The number of anilines is 2. The summed E-state index contributed by atoms with van der Waals surface area (Å²) >= 11 is 4.94. The summed E-state index contributed by atoms with van der Waals surface area (Å²) in [6, 6.07) is 7.76. The van der Waals surface area contributed by atoms with Crippen molar-refractivity contribution in [3.63, 3.8) is 0 Å². The van der Waals surface area contributed by atoms with Crippen molar-refractivity contribution in [3.05, 3.63) is 47.4 Å². The standard InChI is InChI=1S/C14H16N4S/c1-9-8-16-10(2)14(17-9)18(3)12-6-4-11(5-7-12)13(15)19/h4-8H,1-3H3,(H2,15,19). The first-order valence-electron chi connectivity index (χ1n) is 5.93. The Kier molecular flexibility index (Phi) is 3.76. The number of nitrogens with two attached hydrogens (primary N) is 1. The van der Waals surface area contributed by atoms with E-state index in [0.29, 0.717) is 4.99 Å². The normalized spacial score (nSPS) is 10.3. The predicted molar refractivity (Wildman–Crippen MR) is 81.9 cm³/mol. The maximum atomic E-state index is 5.59. The van der Waals surface area contributed by atoms with E-state index in [-0.39, 0.29) is 0 Å². The molecule has 0 spiro atoms. The number of nitrogens with zero attached hydrogens (tertiary/aromatic N) is 3. The van der Waals surface area contributed by atoms with Gasteiger partial charge in [-0.15, -0.1) is 0 Å². The van der Waals surface area contributed by atoms with E-state index in [9.17, 15) is 0 Å². The predicted octanol–water partition coefficient (Wildman–Crippen LogP) is 2.50. The molecule has 2 aromatic rings. The van der Waals surface area contributed by atoms with Gasteiger partial charge in [0.05, 0.1) is 11.4 Å². The molecule has 0 unspecified atom stereocenters.